The Labute approximate surface area is 134 Å². The van der Waals surface area contributed by atoms with Crippen LogP contribution in [0.15, 0.2) is 0 Å². The van der Waals surface area contributed by atoms with Crippen LogP contribution in [-0.2, 0) is 14.8 Å². The zero-order valence-electron chi connectivity index (χ0n) is 12.9. The summed E-state index contributed by atoms with van der Waals surface area (Å²) in [6.45, 7) is 4.85. The minimum atomic E-state index is -3.51. The van der Waals surface area contributed by atoms with Gasteiger partial charge in [-0.1, -0.05) is 26.7 Å². The number of sulfonamides is 1. The molecule has 0 heterocycles. The zero-order valence-corrected chi connectivity index (χ0v) is 14.5. The second-order valence-electron chi connectivity index (χ2n) is 5.29. The van der Waals surface area contributed by atoms with Crippen LogP contribution in [-0.4, -0.2) is 50.1 Å². The third-order valence-corrected chi connectivity index (χ3v) is 5.90. The van der Waals surface area contributed by atoms with E-state index in [1.807, 2.05) is 0 Å². The van der Waals surface area contributed by atoms with E-state index in [1.165, 1.54) is 4.31 Å². The van der Waals surface area contributed by atoms with E-state index in [4.69, 9.17) is 5.73 Å². The van der Waals surface area contributed by atoms with E-state index in [-0.39, 0.29) is 24.4 Å². The van der Waals surface area contributed by atoms with Crippen molar-refractivity contribution in [3.8, 4) is 0 Å². The smallest absolute Gasteiger partial charge is 0.236 e. The highest BCUT2D eigenvalue weighted by atomic mass is 35.5. The molecule has 0 spiro atoms. The second-order valence-corrected chi connectivity index (χ2v) is 7.26. The highest BCUT2D eigenvalue weighted by Gasteiger charge is 2.28. The number of halogens is 1. The van der Waals surface area contributed by atoms with Crippen molar-refractivity contribution < 1.29 is 13.2 Å². The summed E-state index contributed by atoms with van der Waals surface area (Å²) in [7, 11) is -3.51. The molecule has 1 saturated carbocycles. The molecule has 0 aromatic heterocycles. The van der Waals surface area contributed by atoms with Gasteiger partial charge in [0, 0.05) is 19.1 Å². The van der Waals surface area contributed by atoms with Crippen LogP contribution >= 0.6 is 12.4 Å². The lowest BCUT2D eigenvalue weighted by atomic mass is 9.84. The Balaban J connectivity index is 0.00000400. The number of nitrogens with zero attached hydrogens (tertiary/aromatic N) is 1. The van der Waals surface area contributed by atoms with E-state index in [9.17, 15) is 13.2 Å². The lowest BCUT2D eigenvalue weighted by Gasteiger charge is -2.31. The normalized spacial score (nSPS) is 22.7. The fourth-order valence-corrected chi connectivity index (χ4v) is 4.19. The summed E-state index contributed by atoms with van der Waals surface area (Å²) in [5.41, 5.74) is 5.71. The first kappa shape index (κ1) is 20.6. The van der Waals surface area contributed by atoms with Crippen LogP contribution in [0.3, 0.4) is 0 Å². The fraction of sp³-hybridized carbons (Fsp3) is 0.923. The van der Waals surface area contributed by atoms with E-state index in [1.54, 1.807) is 13.8 Å². The minimum Gasteiger partial charge on any atom is -0.352 e. The predicted molar refractivity (Wildman–Crippen MR) is 86.9 cm³/mol. The molecule has 2 unspecified atom stereocenters. The molecular weight excluding hydrogens is 314 g/mol. The molecule has 2 atom stereocenters. The number of nitrogens with one attached hydrogen (secondary N) is 1. The Bertz CT molecular complexity index is 413. The van der Waals surface area contributed by atoms with Gasteiger partial charge in [-0.15, -0.1) is 12.4 Å². The van der Waals surface area contributed by atoms with Gasteiger partial charge in [-0.25, -0.2) is 12.7 Å². The number of carbonyl (C=O) groups excluding carboxylic acids is 1. The van der Waals surface area contributed by atoms with E-state index < -0.39 is 21.7 Å². The molecule has 1 rings (SSSR count). The number of hydrogen-bond donors (Lipinski definition) is 2. The Kier molecular flexibility index (Phi) is 9.44. The molecule has 0 aromatic rings. The number of carbonyl (C=O) groups is 1. The average Bonchev–Trinajstić information content (AvgIpc) is 2.39. The number of hydrogen-bond acceptors (Lipinski definition) is 4. The molecule has 0 aliphatic heterocycles. The van der Waals surface area contributed by atoms with Crippen LogP contribution in [0.1, 0.15) is 39.5 Å². The van der Waals surface area contributed by atoms with Gasteiger partial charge in [-0.2, -0.15) is 0 Å². The van der Waals surface area contributed by atoms with Crippen molar-refractivity contribution in [2.45, 2.75) is 45.6 Å². The molecule has 1 aliphatic carbocycles. The molecule has 0 aromatic carbocycles. The largest absolute Gasteiger partial charge is 0.352 e. The van der Waals surface area contributed by atoms with Crippen LogP contribution in [0.25, 0.3) is 0 Å². The molecule has 6 nitrogen and oxygen atoms in total. The van der Waals surface area contributed by atoms with Gasteiger partial charge in [0.2, 0.25) is 15.9 Å². The molecule has 0 bridgehead atoms. The Hall–Kier alpha value is -0.370. The summed E-state index contributed by atoms with van der Waals surface area (Å²) in [6.07, 6.45) is 4.08. The SMILES string of the molecule is CCN(CC)S(=O)(=O)CC(=O)NC1CCCCC1CN.Cl. The molecule has 126 valence electrons. The maximum Gasteiger partial charge on any atom is 0.236 e. The van der Waals surface area contributed by atoms with Crippen LogP contribution in [0.2, 0.25) is 0 Å². The van der Waals surface area contributed by atoms with Gasteiger partial charge in [0.1, 0.15) is 5.75 Å². The number of rotatable bonds is 7. The first-order chi connectivity index (χ1) is 9.44. The van der Waals surface area contributed by atoms with Gasteiger partial charge >= 0.3 is 0 Å². The van der Waals surface area contributed by atoms with E-state index >= 15 is 0 Å². The van der Waals surface area contributed by atoms with Gasteiger partial charge in [-0.05, 0) is 25.3 Å². The van der Waals surface area contributed by atoms with Crippen molar-refractivity contribution in [1.82, 2.24) is 9.62 Å². The topological polar surface area (TPSA) is 92.5 Å². The lowest BCUT2D eigenvalue weighted by molar-refractivity contribution is -0.119. The molecular formula is C13H28ClN3O3S. The highest BCUT2D eigenvalue weighted by Crippen LogP contribution is 2.23. The van der Waals surface area contributed by atoms with Crippen molar-refractivity contribution in [3.05, 3.63) is 0 Å². The first-order valence-electron chi connectivity index (χ1n) is 7.41. The highest BCUT2D eigenvalue weighted by molar-refractivity contribution is 7.89. The van der Waals surface area contributed by atoms with Gasteiger partial charge in [-0.3, -0.25) is 4.79 Å². The van der Waals surface area contributed by atoms with Gasteiger partial charge in [0.05, 0.1) is 0 Å². The molecule has 3 N–H and O–H groups in total. The van der Waals surface area contributed by atoms with Gasteiger partial charge in [0.15, 0.2) is 0 Å². The third-order valence-electron chi connectivity index (χ3n) is 3.97. The first-order valence-corrected chi connectivity index (χ1v) is 9.02. The molecule has 1 fully saturated rings. The molecule has 1 aliphatic rings. The molecule has 8 heteroatoms. The predicted octanol–water partition coefficient (Wildman–Crippen LogP) is 0.714. The maximum absolute atomic E-state index is 12.0. The zero-order chi connectivity index (χ0) is 15.2. The maximum atomic E-state index is 12.0. The monoisotopic (exact) mass is 341 g/mol. The van der Waals surface area contributed by atoms with Crippen LogP contribution < -0.4 is 11.1 Å². The Morgan fingerprint density at radius 2 is 1.81 bits per heavy atom. The summed E-state index contributed by atoms with van der Waals surface area (Å²) in [4.78, 5) is 12.0. The summed E-state index contributed by atoms with van der Waals surface area (Å²) in [5.74, 6) is -0.617. The minimum absolute atomic E-state index is 0. The Morgan fingerprint density at radius 3 is 2.33 bits per heavy atom. The van der Waals surface area contributed by atoms with Crippen molar-refractivity contribution in [2.24, 2.45) is 11.7 Å². The van der Waals surface area contributed by atoms with Crippen LogP contribution in [0, 0.1) is 5.92 Å². The quantitative estimate of drug-likeness (QED) is 0.713. The van der Waals surface area contributed by atoms with E-state index in [0.29, 0.717) is 19.6 Å². The van der Waals surface area contributed by atoms with E-state index in [2.05, 4.69) is 5.32 Å². The standard InChI is InChI=1S/C13H27N3O3S.ClH/c1-3-16(4-2)20(18,19)10-13(17)15-12-8-6-5-7-11(12)9-14;/h11-12H,3-10,14H2,1-2H3,(H,15,17);1H. The second kappa shape index (κ2) is 9.61. The number of amides is 1. The molecule has 1 amide bonds. The van der Waals surface area contributed by atoms with Crippen LogP contribution in [0.5, 0.6) is 0 Å². The van der Waals surface area contributed by atoms with Crippen molar-refractivity contribution in [1.29, 1.82) is 0 Å². The summed E-state index contributed by atoms with van der Waals surface area (Å²) in [5, 5.41) is 2.85. The third kappa shape index (κ3) is 6.10. The molecule has 0 radical (unpaired) electrons. The summed E-state index contributed by atoms with van der Waals surface area (Å²) in [6, 6.07) is 0.0214. The molecule has 0 saturated heterocycles. The fourth-order valence-electron chi connectivity index (χ4n) is 2.80. The summed E-state index contributed by atoms with van der Waals surface area (Å²) >= 11 is 0. The van der Waals surface area contributed by atoms with E-state index in [0.717, 1.165) is 25.7 Å². The lowest BCUT2D eigenvalue weighted by Crippen LogP contribution is -2.48. The average molecular weight is 342 g/mol. The van der Waals surface area contributed by atoms with Crippen molar-refractivity contribution in [3.63, 3.8) is 0 Å². The van der Waals surface area contributed by atoms with Crippen LogP contribution in [0.4, 0.5) is 0 Å². The van der Waals surface area contributed by atoms with Crippen molar-refractivity contribution in [2.75, 3.05) is 25.4 Å². The van der Waals surface area contributed by atoms with Gasteiger partial charge in [0.25, 0.3) is 0 Å². The molecule has 21 heavy (non-hydrogen) atoms. The van der Waals surface area contributed by atoms with Gasteiger partial charge < -0.3 is 11.1 Å². The Morgan fingerprint density at radius 1 is 1.24 bits per heavy atom. The summed E-state index contributed by atoms with van der Waals surface area (Å²) < 4.78 is 25.4. The number of nitrogens with two attached hydrogens (primary N) is 1. The van der Waals surface area contributed by atoms with Crippen molar-refractivity contribution >= 4 is 28.3 Å².